The van der Waals surface area contributed by atoms with Gasteiger partial charge in [-0.1, -0.05) is 0 Å². The number of benzene rings is 1. The summed E-state index contributed by atoms with van der Waals surface area (Å²) >= 11 is 0. The predicted molar refractivity (Wildman–Crippen MR) is 124 cm³/mol. The summed E-state index contributed by atoms with van der Waals surface area (Å²) in [6, 6.07) is 4.89. The van der Waals surface area contributed by atoms with Crippen LogP contribution in [0.25, 0.3) is 16.7 Å². The van der Waals surface area contributed by atoms with Crippen molar-refractivity contribution in [3.8, 4) is 5.88 Å². The number of halogens is 1. The highest BCUT2D eigenvalue weighted by Gasteiger charge is 2.22. The zero-order valence-corrected chi connectivity index (χ0v) is 18.6. The van der Waals surface area contributed by atoms with Crippen molar-refractivity contribution in [2.75, 3.05) is 43.5 Å². The number of carbonyl (C=O) groups excluding carboxylic acids is 1. The molecule has 4 aromatic rings. The Labute approximate surface area is 189 Å². The average molecular weight is 449 g/mol. The number of rotatable bonds is 4. The van der Waals surface area contributed by atoms with E-state index in [1.807, 2.05) is 6.07 Å². The molecule has 0 radical (unpaired) electrons. The van der Waals surface area contributed by atoms with Gasteiger partial charge in [-0.25, -0.2) is 19.3 Å². The molecule has 0 spiro atoms. The lowest BCUT2D eigenvalue weighted by molar-refractivity contribution is 0.102. The fraction of sp³-hybridized carbons (Fsp3) is 0.304. The van der Waals surface area contributed by atoms with Crippen LogP contribution in [0.5, 0.6) is 5.88 Å². The fourth-order valence-electron chi connectivity index (χ4n) is 4.17. The third kappa shape index (κ3) is 3.82. The second-order valence-electron chi connectivity index (χ2n) is 8.03. The summed E-state index contributed by atoms with van der Waals surface area (Å²) in [5.74, 6) is -0.499. The second-order valence-corrected chi connectivity index (χ2v) is 8.03. The van der Waals surface area contributed by atoms with Crippen molar-refractivity contribution in [2.24, 2.45) is 0 Å². The number of nitrogens with zero attached hydrogens (tertiary/aromatic N) is 5. The van der Waals surface area contributed by atoms with Gasteiger partial charge in [0.2, 0.25) is 5.88 Å². The smallest absolute Gasteiger partial charge is 0.257 e. The lowest BCUT2D eigenvalue weighted by Gasteiger charge is -2.30. The number of methoxy groups -OCH3 is 1. The van der Waals surface area contributed by atoms with Crippen molar-refractivity contribution in [3.05, 3.63) is 53.4 Å². The zero-order chi connectivity index (χ0) is 23.1. The molecule has 0 aliphatic carbocycles. The molecule has 0 unspecified atom stereocenters. The van der Waals surface area contributed by atoms with E-state index in [0.29, 0.717) is 39.6 Å². The number of hydrogen-bond donors (Lipinski definition) is 2. The first-order chi connectivity index (χ1) is 15.9. The van der Waals surface area contributed by atoms with Gasteiger partial charge in [-0.15, -0.1) is 0 Å². The number of aryl methyl sites for hydroxylation is 2. The standard InChI is InChI=1S/C23H24FN7O2/c1-13-11-31-12-15(10-17(24)21(31)26-13)28-22(32)16-4-5-18(30-8-6-25-7-9-30)20-19(16)27-14(2)23(29-20)33-3/h4-5,10-12,25H,6-9H2,1-3H3,(H,28,32). The molecule has 0 saturated carbocycles. The minimum atomic E-state index is -0.514. The Kier molecular flexibility index (Phi) is 5.29. The minimum Gasteiger partial charge on any atom is -0.480 e. The van der Waals surface area contributed by atoms with Crippen LogP contribution in [-0.2, 0) is 0 Å². The van der Waals surface area contributed by atoms with Gasteiger partial charge >= 0.3 is 0 Å². The average Bonchev–Trinajstić information content (AvgIpc) is 3.19. The van der Waals surface area contributed by atoms with E-state index in [1.165, 1.54) is 6.07 Å². The van der Waals surface area contributed by atoms with Crippen LogP contribution in [0.15, 0.2) is 30.6 Å². The van der Waals surface area contributed by atoms with Gasteiger partial charge in [0.05, 0.1) is 29.7 Å². The largest absolute Gasteiger partial charge is 0.480 e. The molecule has 1 amide bonds. The molecule has 0 bridgehead atoms. The van der Waals surface area contributed by atoms with Crippen molar-refractivity contribution in [1.82, 2.24) is 24.7 Å². The van der Waals surface area contributed by atoms with Crippen LogP contribution in [0.3, 0.4) is 0 Å². The third-order valence-corrected chi connectivity index (χ3v) is 5.71. The highest BCUT2D eigenvalue weighted by molar-refractivity contribution is 6.13. The van der Waals surface area contributed by atoms with E-state index < -0.39 is 11.7 Å². The molecule has 0 atom stereocenters. The molecule has 1 aliphatic heterocycles. The van der Waals surface area contributed by atoms with Crippen LogP contribution in [0.1, 0.15) is 21.7 Å². The molecule has 1 saturated heterocycles. The number of piperazine rings is 1. The molecule has 1 fully saturated rings. The highest BCUT2D eigenvalue weighted by Crippen LogP contribution is 2.31. The Morgan fingerprint density at radius 2 is 1.91 bits per heavy atom. The van der Waals surface area contributed by atoms with Gasteiger partial charge in [0.1, 0.15) is 16.7 Å². The second kappa shape index (κ2) is 8.28. The molecule has 1 aliphatic rings. The Morgan fingerprint density at radius 1 is 1.12 bits per heavy atom. The lowest BCUT2D eigenvalue weighted by atomic mass is 10.1. The third-order valence-electron chi connectivity index (χ3n) is 5.71. The van der Waals surface area contributed by atoms with Crippen LogP contribution >= 0.6 is 0 Å². The zero-order valence-electron chi connectivity index (χ0n) is 18.6. The first kappa shape index (κ1) is 21.1. The van der Waals surface area contributed by atoms with Crippen molar-refractivity contribution in [2.45, 2.75) is 13.8 Å². The summed E-state index contributed by atoms with van der Waals surface area (Å²) in [6.07, 6.45) is 3.33. The van der Waals surface area contributed by atoms with E-state index >= 15 is 0 Å². The van der Waals surface area contributed by atoms with Gasteiger partial charge in [-0.05, 0) is 26.0 Å². The molecular weight excluding hydrogens is 425 g/mol. The number of amides is 1. The Bertz CT molecular complexity index is 1380. The summed E-state index contributed by atoms with van der Waals surface area (Å²) in [5, 5.41) is 6.13. The molecule has 170 valence electrons. The van der Waals surface area contributed by atoms with E-state index in [-0.39, 0.29) is 5.65 Å². The molecular formula is C23H24FN7O2. The van der Waals surface area contributed by atoms with Crippen molar-refractivity contribution in [1.29, 1.82) is 0 Å². The van der Waals surface area contributed by atoms with Crippen LogP contribution in [0.2, 0.25) is 0 Å². The van der Waals surface area contributed by atoms with Crippen LogP contribution in [0, 0.1) is 19.7 Å². The van der Waals surface area contributed by atoms with Gasteiger partial charge in [0.15, 0.2) is 11.5 Å². The van der Waals surface area contributed by atoms with E-state index in [0.717, 1.165) is 31.9 Å². The number of ether oxygens (including phenoxy) is 1. The Balaban J connectivity index is 1.57. The summed E-state index contributed by atoms with van der Waals surface area (Å²) < 4.78 is 21.4. The summed E-state index contributed by atoms with van der Waals surface area (Å²) in [4.78, 5) is 29.0. The van der Waals surface area contributed by atoms with Crippen LogP contribution in [0.4, 0.5) is 15.8 Å². The van der Waals surface area contributed by atoms with Crippen LogP contribution in [-0.4, -0.2) is 58.5 Å². The molecule has 3 aromatic heterocycles. The maximum absolute atomic E-state index is 14.5. The van der Waals surface area contributed by atoms with E-state index in [2.05, 4.69) is 30.5 Å². The quantitative estimate of drug-likeness (QED) is 0.495. The molecule has 2 N–H and O–H groups in total. The number of hydrogen-bond acceptors (Lipinski definition) is 7. The van der Waals surface area contributed by atoms with Gasteiger partial charge < -0.3 is 24.7 Å². The summed E-state index contributed by atoms with van der Waals surface area (Å²) in [7, 11) is 1.55. The molecule has 33 heavy (non-hydrogen) atoms. The summed E-state index contributed by atoms with van der Waals surface area (Å²) in [5.41, 5.74) is 4.12. The first-order valence-corrected chi connectivity index (χ1v) is 10.7. The van der Waals surface area contributed by atoms with Gasteiger partial charge in [-0.2, -0.15) is 0 Å². The number of fused-ring (bicyclic) bond motifs is 2. The first-order valence-electron chi connectivity index (χ1n) is 10.7. The Morgan fingerprint density at radius 3 is 2.67 bits per heavy atom. The Hall–Kier alpha value is -3.79. The SMILES string of the molecule is COc1nc2c(N3CCNCC3)ccc(C(=O)Nc3cc(F)c4nc(C)cn4c3)c2nc1C. The molecule has 10 heteroatoms. The van der Waals surface area contributed by atoms with Crippen molar-refractivity contribution in [3.63, 3.8) is 0 Å². The topological polar surface area (TPSA) is 96.7 Å². The van der Waals surface area contributed by atoms with Crippen molar-refractivity contribution >= 4 is 34.0 Å². The molecule has 9 nitrogen and oxygen atoms in total. The normalized spacial score (nSPS) is 14.1. The van der Waals surface area contributed by atoms with Crippen molar-refractivity contribution < 1.29 is 13.9 Å². The van der Waals surface area contributed by atoms with Gasteiger partial charge in [-0.3, -0.25) is 4.79 Å². The predicted octanol–water partition coefficient (Wildman–Crippen LogP) is 2.70. The van der Waals surface area contributed by atoms with E-state index in [1.54, 1.807) is 43.8 Å². The molecule has 5 rings (SSSR count). The van der Waals surface area contributed by atoms with Gasteiger partial charge in [0.25, 0.3) is 5.91 Å². The number of pyridine rings is 1. The van der Waals surface area contributed by atoms with Gasteiger partial charge in [0, 0.05) is 44.6 Å². The highest BCUT2D eigenvalue weighted by atomic mass is 19.1. The van der Waals surface area contributed by atoms with E-state index in [4.69, 9.17) is 4.74 Å². The maximum atomic E-state index is 14.5. The monoisotopic (exact) mass is 449 g/mol. The lowest BCUT2D eigenvalue weighted by Crippen LogP contribution is -2.43. The number of carbonyl (C=O) groups is 1. The number of imidazole rings is 1. The molecule has 1 aromatic carbocycles. The minimum absolute atomic E-state index is 0.213. The maximum Gasteiger partial charge on any atom is 0.257 e. The van der Waals surface area contributed by atoms with Crippen LogP contribution < -0.4 is 20.3 Å². The number of aromatic nitrogens is 4. The number of nitrogens with one attached hydrogen (secondary N) is 2. The fourth-order valence-corrected chi connectivity index (χ4v) is 4.17. The molecule has 4 heterocycles. The number of anilines is 2. The van der Waals surface area contributed by atoms with E-state index in [9.17, 15) is 9.18 Å². The summed E-state index contributed by atoms with van der Waals surface area (Å²) in [6.45, 7) is 6.94.